The topological polar surface area (TPSA) is 46.5 Å². The van der Waals surface area contributed by atoms with Crippen LogP contribution in [0.5, 0.6) is 5.75 Å². The van der Waals surface area contributed by atoms with E-state index in [0.717, 1.165) is 35.3 Å². The summed E-state index contributed by atoms with van der Waals surface area (Å²) in [5.74, 6) is -0.770. The fraction of sp³-hybridized carbons (Fsp3) is 0.179. The summed E-state index contributed by atoms with van der Waals surface area (Å²) in [6.07, 6.45) is 3.59. The summed E-state index contributed by atoms with van der Waals surface area (Å²) in [5.41, 5.74) is 4.41. The molecule has 0 saturated carbocycles. The van der Waals surface area contributed by atoms with Crippen molar-refractivity contribution in [3.63, 3.8) is 0 Å². The van der Waals surface area contributed by atoms with Gasteiger partial charge in [-0.2, -0.15) is 0 Å². The maximum atomic E-state index is 13.7. The second kappa shape index (κ2) is 10.6. The number of allylic oxidation sites excluding steroid dienone is 2. The number of halogens is 1. The van der Waals surface area contributed by atoms with Gasteiger partial charge in [-0.05, 0) is 77.1 Å². The van der Waals surface area contributed by atoms with Crippen LogP contribution in [-0.4, -0.2) is 17.7 Å². The van der Waals surface area contributed by atoms with Crippen LogP contribution in [0.25, 0.3) is 22.3 Å². The third-order valence-electron chi connectivity index (χ3n) is 5.23. The van der Waals surface area contributed by atoms with Crippen LogP contribution >= 0.6 is 0 Å². The number of ether oxygens (including phenoxy) is 1. The van der Waals surface area contributed by atoms with Crippen LogP contribution in [0.3, 0.4) is 0 Å². The number of aryl methyl sites for hydroxylation is 1. The SMILES string of the molecule is C=C(/C=C(/C(=O)O)c1cc(F)ccc1C)c1ccc(-c2cccc(OCCCC)c2)cc1. The molecule has 32 heavy (non-hydrogen) atoms. The maximum absolute atomic E-state index is 13.7. The molecule has 3 nitrogen and oxygen atoms in total. The van der Waals surface area contributed by atoms with Gasteiger partial charge >= 0.3 is 5.97 Å². The first-order chi connectivity index (χ1) is 15.4. The lowest BCUT2D eigenvalue weighted by Crippen LogP contribution is -2.02. The van der Waals surface area contributed by atoms with Gasteiger partial charge in [0.15, 0.2) is 0 Å². The lowest BCUT2D eigenvalue weighted by molar-refractivity contribution is -0.130. The molecular formula is C28H27FO3. The smallest absolute Gasteiger partial charge is 0.336 e. The molecule has 3 aromatic carbocycles. The van der Waals surface area contributed by atoms with Crippen molar-refractivity contribution in [2.24, 2.45) is 0 Å². The average Bonchev–Trinajstić information content (AvgIpc) is 2.79. The van der Waals surface area contributed by atoms with Crippen molar-refractivity contribution in [1.29, 1.82) is 0 Å². The quantitative estimate of drug-likeness (QED) is 0.222. The maximum Gasteiger partial charge on any atom is 0.336 e. The molecule has 0 bridgehead atoms. The summed E-state index contributed by atoms with van der Waals surface area (Å²) >= 11 is 0. The molecule has 3 aromatic rings. The first-order valence-corrected chi connectivity index (χ1v) is 10.6. The Hall–Kier alpha value is -3.66. The molecule has 0 unspecified atom stereocenters. The van der Waals surface area contributed by atoms with Crippen LogP contribution in [0.4, 0.5) is 4.39 Å². The number of carboxylic acid groups (broad SMARTS) is 1. The minimum atomic E-state index is -1.13. The lowest BCUT2D eigenvalue weighted by atomic mass is 9.95. The van der Waals surface area contributed by atoms with E-state index in [-0.39, 0.29) is 5.57 Å². The van der Waals surface area contributed by atoms with Crippen LogP contribution in [0.15, 0.2) is 79.4 Å². The molecule has 164 valence electrons. The highest BCUT2D eigenvalue weighted by Crippen LogP contribution is 2.28. The Morgan fingerprint density at radius 1 is 1.06 bits per heavy atom. The second-order valence-corrected chi connectivity index (χ2v) is 7.65. The molecule has 4 heteroatoms. The Kier molecular flexibility index (Phi) is 7.61. The van der Waals surface area contributed by atoms with Crippen LogP contribution in [0.2, 0.25) is 0 Å². The molecule has 0 aliphatic carbocycles. The zero-order valence-corrected chi connectivity index (χ0v) is 18.4. The van der Waals surface area contributed by atoms with E-state index in [2.05, 4.69) is 13.5 Å². The van der Waals surface area contributed by atoms with E-state index in [4.69, 9.17) is 4.74 Å². The fourth-order valence-corrected chi connectivity index (χ4v) is 3.37. The normalized spacial score (nSPS) is 11.3. The number of hydrogen-bond acceptors (Lipinski definition) is 2. The Labute approximate surface area is 188 Å². The van der Waals surface area contributed by atoms with E-state index < -0.39 is 11.8 Å². The predicted molar refractivity (Wildman–Crippen MR) is 128 cm³/mol. The number of unbranched alkanes of at least 4 members (excludes halogenated alkanes) is 1. The zero-order valence-electron chi connectivity index (χ0n) is 18.4. The molecular weight excluding hydrogens is 403 g/mol. The van der Waals surface area contributed by atoms with E-state index in [1.165, 1.54) is 18.2 Å². The average molecular weight is 431 g/mol. The van der Waals surface area contributed by atoms with Crippen molar-refractivity contribution in [3.05, 3.63) is 102 Å². The Balaban J connectivity index is 1.83. The summed E-state index contributed by atoms with van der Waals surface area (Å²) < 4.78 is 19.5. The van der Waals surface area contributed by atoms with Crippen molar-refractivity contribution in [2.45, 2.75) is 26.7 Å². The second-order valence-electron chi connectivity index (χ2n) is 7.65. The summed E-state index contributed by atoms with van der Waals surface area (Å²) in [7, 11) is 0. The minimum Gasteiger partial charge on any atom is -0.494 e. The van der Waals surface area contributed by atoms with Crippen LogP contribution in [-0.2, 0) is 4.79 Å². The summed E-state index contributed by atoms with van der Waals surface area (Å²) in [6, 6.07) is 19.8. The molecule has 0 aliphatic heterocycles. The number of hydrogen-bond donors (Lipinski definition) is 1. The zero-order chi connectivity index (χ0) is 23.1. The molecule has 0 atom stereocenters. The van der Waals surface area contributed by atoms with E-state index in [1.54, 1.807) is 13.0 Å². The third-order valence-corrected chi connectivity index (χ3v) is 5.23. The highest BCUT2D eigenvalue weighted by molar-refractivity contribution is 6.18. The molecule has 3 rings (SSSR count). The number of carboxylic acids is 1. The van der Waals surface area contributed by atoms with Gasteiger partial charge in [0.05, 0.1) is 12.2 Å². The first-order valence-electron chi connectivity index (χ1n) is 10.6. The summed E-state index contributed by atoms with van der Waals surface area (Å²) in [5, 5.41) is 9.69. The number of rotatable bonds is 9. The standard InChI is InChI=1S/C28H27FO3/c1-4-5-15-32-25-8-6-7-23(17-25)22-12-10-21(11-13-22)20(3)16-27(28(30)31)26-18-24(29)14-9-19(26)2/h6-14,16-18H,3-5,15H2,1-2H3,(H,30,31)/b27-16+. The van der Waals surface area contributed by atoms with Crippen LogP contribution in [0.1, 0.15) is 36.5 Å². The van der Waals surface area contributed by atoms with Crippen LogP contribution in [0, 0.1) is 12.7 Å². The van der Waals surface area contributed by atoms with E-state index in [9.17, 15) is 14.3 Å². The molecule has 0 amide bonds. The number of aliphatic carboxylic acids is 1. The van der Waals surface area contributed by atoms with E-state index >= 15 is 0 Å². The Morgan fingerprint density at radius 3 is 2.50 bits per heavy atom. The summed E-state index contributed by atoms with van der Waals surface area (Å²) in [6.45, 7) is 8.61. The Bertz CT molecular complexity index is 1140. The van der Waals surface area contributed by atoms with Gasteiger partial charge < -0.3 is 9.84 Å². The Morgan fingerprint density at radius 2 is 1.81 bits per heavy atom. The molecule has 0 radical (unpaired) electrons. The van der Waals surface area contributed by atoms with Gasteiger partial charge in [0.1, 0.15) is 11.6 Å². The van der Waals surface area contributed by atoms with Gasteiger partial charge in [-0.15, -0.1) is 0 Å². The van der Waals surface area contributed by atoms with Crippen molar-refractivity contribution in [2.75, 3.05) is 6.61 Å². The lowest BCUT2D eigenvalue weighted by Gasteiger charge is -2.10. The number of carbonyl (C=O) groups is 1. The number of benzene rings is 3. The molecule has 0 spiro atoms. The minimum absolute atomic E-state index is 0.00741. The van der Waals surface area contributed by atoms with Crippen molar-refractivity contribution >= 4 is 17.1 Å². The first kappa shape index (κ1) is 23.0. The molecule has 0 aromatic heterocycles. The van der Waals surface area contributed by atoms with Crippen LogP contribution < -0.4 is 4.74 Å². The monoisotopic (exact) mass is 430 g/mol. The summed E-state index contributed by atoms with van der Waals surface area (Å²) in [4.78, 5) is 11.9. The van der Waals surface area contributed by atoms with Gasteiger partial charge in [-0.25, -0.2) is 9.18 Å². The van der Waals surface area contributed by atoms with Gasteiger partial charge in [0, 0.05) is 0 Å². The molecule has 1 N–H and O–H groups in total. The fourth-order valence-electron chi connectivity index (χ4n) is 3.37. The third kappa shape index (κ3) is 5.73. The highest BCUT2D eigenvalue weighted by atomic mass is 19.1. The van der Waals surface area contributed by atoms with Crippen molar-refractivity contribution in [3.8, 4) is 16.9 Å². The van der Waals surface area contributed by atoms with Gasteiger partial charge in [0.25, 0.3) is 0 Å². The largest absolute Gasteiger partial charge is 0.494 e. The van der Waals surface area contributed by atoms with Gasteiger partial charge in [0.2, 0.25) is 0 Å². The van der Waals surface area contributed by atoms with E-state index in [0.29, 0.717) is 23.3 Å². The molecule has 0 heterocycles. The molecule has 0 saturated heterocycles. The molecule has 0 fully saturated rings. The van der Waals surface area contributed by atoms with Gasteiger partial charge in [-0.1, -0.05) is 62.4 Å². The van der Waals surface area contributed by atoms with E-state index in [1.807, 2.05) is 48.5 Å². The highest BCUT2D eigenvalue weighted by Gasteiger charge is 2.15. The van der Waals surface area contributed by atoms with Crippen molar-refractivity contribution in [1.82, 2.24) is 0 Å². The van der Waals surface area contributed by atoms with Crippen molar-refractivity contribution < 1.29 is 19.0 Å². The molecule has 0 aliphatic rings. The van der Waals surface area contributed by atoms with Gasteiger partial charge in [-0.3, -0.25) is 0 Å². The predicted octanol–water partition coefficient (Wildman–Crippen LogP) is 7.16.